The van der Waals surface area contributed by atoms with Crippen LogP contribution in [0.15, 0.2) is 41.3 Å². The zero-order valence-electron chi connectivity index (χ0n) is 16.0. The molecule has 156 valence electrons. The highest BCUT2D eigenvalue weighted by Gasteiger charge is 2.28. The number of carbonyl (C=O) groups excluding carboxylic acids is 1. The molecule has 1 N–H and O–H groups in total. The smallest absolute Gasteiger partial charge is 0.243 e. The molecular formula is C20H22Cl2N2O4S. The molecule has 3 rings (SSSR count). The average Bonchev–Trinajstić information content (AvgIpc) is 2.71. The monoisotopic (exact) mass is 456 g/mol. The van der Waals surface area contributed by atoms with Gasteiger partial charge in [0.15, 0.2) is 0 Å². The van der Waals surface area contributed by atoms with Crippen molar-refractivity contribution < 1.29 is 17.9 Å². The van der Waals surface area contributed by atoms with E-state index in [0.717, 1.165) is 5.56 Å². The van der Waals surface area contributed by atoms with Crippen molar-refractivity contribution in [2.45, 2.75) is 24.7 Å². The number of rotatable bonds is 6. The third kappa shape index (κ3) is 5.29. The van der Waals surface area contributed by atoms with Gasteiger partial charge in [-0.1, -0.05) is 41.4 Å². The van der Waals surface area contributed by atoms with Gasteiger partial charge in [-0.05, 0) is 42.7 Å². The number of nitrogens with one attached hydrogen (secondary N) is 1. The summed E-state index contributed by atoms with van der Waals surface area (Å²) in [6, 6.07) is 10.2. The quantitative estimate of drug-likeness (QED) is 0.714. The van der Waals surface area contributed by atoms with Gasteiger partial charge in [0.25, 0.3) is 0 Å². The summed E-state index contributed by atoms with van der Waals surface area (Å²) in [4.78, 5) is 12.6. The van der Waals surface area contributed by atoms with Crippen LogP contribution >= 0.6 is 23.2 Å². The summed E-state index contributed by atoms with van der Waals surface area (Å²) in [5, 5.41) is 3.65. The Bertz CT molecular complexity index is 1010. The fraction of sp³-hybridized carbons (Fsp3) is 0.350. The topological polar surface area (TPSA) is 75.7 Å². The first-order valence-electron chi connectivity index (χ1n) is 9.20. The fourth-order valence-electron chi connectivity index (χ4n) is 3.10. The molecule has 1 aliphatic rings. The van der Waals surface area contributed by atoms with Crippen molar-refractivity contribution in [1.29, 1.82) is 0 Å². The fourth-order valence-corrected chi connectivity index (χ4v) is 5.17. The van der Waals surface area contributed by atoms with Gasteiger partial charge in [-0.15, -0.1) is 0 Å². The molecule has 1 amide bonds. The second kappa shape index (κ2) is 9.45. The number of halogens is 2. The molecule has 1 heterocycles. The van der Waals surface area contributed by atoms with Crippen molar-refractivity contribution in [2.75, 3.05) is 31.6 Å². The second-order valence-corrected chi connectivity index (χ2v) is 9.45. The highest BCUT2D eigenvalue weighted by Crippen LogP contribution is 2.27. The first-order chi connectivity index (χ1) is 13.8. The molecule has 29 heavy (non-hydrogen) atoms. The van der Waals surface area contributed by atoms with Gasteiger partial charge < -0.3 is 10.1 Å². The highest BCUT2D eigenvalue weighted by molar-refractivity contribution is 7.89. The first kappa shape index (κ1) is 22.1. The standard InChI is InChI=1S/C20H22Cl2N2O4S/c1-14-5-7-16(13-18(14)29(26,27)24-9-11-28-12-10-24)23-19(25)8-6-15-3-2-4-17(21)20(15)22/h2-5,7,13H,6,8-12H2,1H3,(H,23,25). The molecule has 0 aliphatic carbocycles. The maximum absolute atomic E-state index is 13.0. The summed E-state index contributed by atoms with van der Waals surface area (Å²) < 4.78 is 32.6. The second-order valence-electron chi connectivity index (χ2n) is 6.76. The first-order valence-corrected chi connectivity index (χ1v) is 11.4. The van der Waals surface area contributed by atoms with E-state index in [-0.39, 0.29) is 17.2 Å². The zero-order valence-corrected chi connectivity index (χ0v) is 18.3. The van der Waals surface area contributed by atoms with E-state index in [4.69, 9.17) is 27.9 Å². The largest absolute Gasteiger partial charge is 0.379 e. The Morgan fingerprint density at radius 3 is 2.62 bits per heavy atom. The van der Waals surface area contributed by atoms with Gasteiger partial charge in [0, 0.05) is 25.2 Å². The lowest BCUT2D eigenvalue weighted by Crippen LogP contribution is -2.40. The summed E-state index contributed by atoms with van der Waals surface area (Å²) in [7, 11) is -3.65. The Labute approximate surface area is 180 Å². The highest BCUT2D eigenvalue weighted by atomic mass is 35.5. The minimum atomic E-state index is -3.65. The van der Waals surface area contributed by atoms with Crippen molar-refractivity contribution in [1.82, 2.24) is 4.31 Å². The lowest BCUT2D eigenvalue weighted by atomic mass is 10.1. The number of ether oxygens (including phenoxy) is 1. The minimum absolute atomic E-state index is 0.190. The van der Waals surface area contributed by atoms with Crippen LogP contribution in [0.5, 0.6) is 0 Å². The van der Waals surface area contributed by atoms with E-state index in [1.54, 1.807) is 31.2 Å². The van der Waals surface area contributed by atoms with E-state index >= 15 is 0 Å². The van der Waals surface area contributed by atoms with Gasteiger partial charge >= 0.3 is 0 Å². The maximum atomic E-state index is 13.0. The van der Waals surface area contributed by atoms with Gasteiger partial charge in [-0.25, -0.2) is 8.42 Å². The molecule has 6 nitrogen and oxygen atoms in total. The molecule has 1 saturated heterocycles. The van der Waals surface area contributed by atoms with E-state index in [9.17, 15) is 13.2 Å². The van der Waals surface area contributed by atoms with E-state index < -0.39 is 10.0 Å². The van der Waals surface area contributed by atoms with Crippen LogP contribution in [0.2, 0.25) is 10.0 Å². The molecule has 0 radical (unpaired) electrons. The van der Waals surface area contributed by atoms with Crippen LogP contribution in [-0.2, 0) is 26.0 Å². The predicted octanol–water partition coefficient (Wildman–Crippen LogP) is 3.89. The van der Waals surface area contributed by atoms with Crippen LogP contribution in [-0.4, -0.2) is 44.9 Å². The van der Waals surface area contributed by atoms with E-state index in [1.165, 1.54) is 10.4 Å². The molecule has 0 spiro atoms. The lowest BCUT2D eigenvalue weighted by molar-refractivity contribution is -0.116. The van der Waals surface area contributed by atoms with Gasteiger partial charge in [-0.2, -0.15) is 4.31 Å². The number of anilines is 1. The molecular weight excluding hydrogens is 435 g/mol. The van der Waals surface area contributed by atoms with Crippen LogP contribution in [0.3, 0.4) is 0 Å². The number of hydrogen-bond donors (Lipinski definition) is 1. The van der Waals surface area contributed by atoms with Crippen LogP contribution in [0.25, 0.3) is 0 Å². The number of hydrogen-bond acceptors (Lipinski definition) is 4. The third-order valence-electron chi connectivity index (χ3n) is 4.71. The van der Waals surface area contributed by atoms with Crippen molar-refractivity contribution in [3.05, 3.63) is 57.6 Å². The van der Waals surface area contributed by atoms with Crippen molar-refractivity contribution >= 4 is 44.8 Å². The van der Waals surface area contributed by atoms with E-state index in [1.807, 2.05) is 6.07 Å². The summed E-state index contributed by atoms with van der Waals surface area (Å²) in [6.07, 6.45) is 0.621. The van der Waals surface area contributed by atoms with E-state index in [0.29, 0.717) is 54.0 Å². The number of aryl methyl sites for hydroxylation is 2. The Kier molecular flexibility index (Phi) is 7.19. The summed E-state index contributed by atoms with van der Waals surface area (Å²) in [5.41, 5.74) is 1.85. The number of sulfonamides is 1. The van der Waals surface area contributed by atoms with Crippen LogP contribution < -0.4 is 5.32 Å². The van der Waals surface area contributed by atoms with Gasteiger partial charge in [0.05, 0.1) is 28.2 Å². The van der Waals surface area contributed by atoms with E-state index in [2.05, 4.69) is 5.32 Å². The molecule has 2 aromatic rings. The number of carbonyl (C=O) groups is 1. The number of benzene rings is 2. The van der Waals surface area contributed by atoms with Gasteiger partial charge in [-0.3, -0.25) is 4.79 Å². The predicted molar refractivity (Wildman–Crippen MR) is 114 cm³/mol. The number of morpholine rings is 1. The lowest BCUT2D eigenvalue weighted by Gasteiger charge is -2.26. The van der Waals surface area contributed by atoms with Crippen LogP contribution in [0.1, 0.15) is 17.5 Å². The molecule has 0 saturated carbocycles. The molecule has 0 atom stereocenters. The van der Waals surface area contributed by atoms with Crippen LogP contribution in [0.4, 0.5) is 5.69 Å². The van der Waals surface area contributed by atoms with Crippen molar-refractivity contribution in [3.63, 3.8) is 0 Å². The Balaban J connectivity index is 1.70. The van der Waals surface area contributed by atoms with Crippen LogP contribution in [0, 0.1) is 6.92 Å². The number of amides is 1. The molecule has 1 aliphatic heterocycles. The SMILES string of the molecule is Cc1ccc(NC(=O)CCc2cccc(Cl)c2Cl)cc1S(=O)(=O)N1CCOCC1. The third-order valence-corrected chi connectivity index (χ3v) is 7.61. The normalized spacial score (nSPS) is 15.3. The minimum Gasteiger partial charge on any atom is -0.379 e. The molecule has 2 aromatic carbocycles. The summed E-state index contributed by atoms with van der Waals surface area (Å²) in [5.74, 6) is -0.236. The molecule has 0 bridgehead atoms. The van der Waals surface area contributed by atoms with Crippen molar-refractivity contribution in [2.24, 2.45) is 0 Å². The molecule has 9 heteroatoms. The molecule has 0 unspecified atom stereocenters. The summed E-state index contributed by atoms with van der Waals surface area (Å²) in [6.45, 7) is 3.12. The number of nitrogens with zero attached hydrogens (tertiary/aromatic N) is 1. The zero-order chi connectivity index (χ0) is 21.0. The van der Waals surface area contributed by atoms with Gasteiger partial charge in [0.1, 0.15) is 0 Å². The Morgan fingerprint density at radius 2 is 1.90 bits per heavy atom. The Morgan fingerprint density at radius 1 is 1.17 bits per heavy atom. The molecule has 0 aromatic heterocycles. The average molecular weight is 457 g/mol. The summed E-state index contributed by atoms with van der Waals surface area (Å²) >= 11 is 12.2. The Hall–Kier alpha value is -1.64. The van der Waals surface area contributed by atoms with Crippen molar-refractivity contribution in [3.8, 4) is 0 Å². The maximum Gasteiger partial charge on any atom is 0.243 e. The van der Waals surface area contributed by atoms with Gasteiger partial charge in [0.2, 0.25) is 15.9 Å². The molecule has 1 fully saturated rings.